The number of rotatable bonds is 4. The molecule has 0 spiro atoms. The highest BCUT2D eigenvalue weighted by Crippen LogP contribution is 2.32. The average molecular weight is 313 g/mol. The highest BCUT2D eigenvalue weighted by Gasteiger charge is 2.09. The smallest absolute Gasteiger partial charge is 0.103 e. The average Bonchev–Trinajstić information content (AvgIpc) is 2.35. The number of nitriles is 1. The van der Waals surface area contributed by atoms with E-state index in [4.69, 9.17) is 16.9 Å². The molecule has 1 atom stereocenters. The van der Waals surface area contributed by atoms with Gasteiger partial charge >= 0.3 is 0 Å². The first kappa shape index (κ1) is 16.5. The Labute approximate surface area is 125 Å². The van der Waals surface area contributed by atoms with Crippen molar-refractivity contribution < 1.29 is 4.21 Å². The van der Waals surface area contributed by atoms with Gasteiger partial charge in [-0.15, -0.1) is 0 Å². The molecule has 0 saturated carbocycles. The topological polar surface area (TPSA) is 68.8 Å². The van der Waals surface area contributed by atoms with Crippen molar-refractivity contribution in [2.45, 2.75) is 6.92 Å². The number of hydrogen-bond acceptors (Lipinski definition) is 4. The summed E-state index contributed by atoms with van der Waals surface area (Å²) in [4.78, 5) is 5.94. The monoisotopic (exact) mass is 312 g/mol. The SMILES string of the molecule is CCS(C)(=O)=Nc1cc(Cl)c(C#N)c(N=CN(C)C)c1. The third kappa shape index (κ3) is 4.51. The maximum atomic E-state index is 12.0. The van der Waals surface area contributed by atoms with Crippen molar-refractivity contribution in [2.24, 2.45) is 9.36 Å². The molecule has 0 saturated heterocycles. The van der Waals surface area contributed by atoms with E-state index in [0.717, 1.165) is 0 Å². The lowest BCUT2D eigenvalue weighted by molar-refractivity contribution is 0.643. The molecule has 0 aliphatic rings. The van der Waals surface area contributed by atoms with Gasteiger partial charge in [0.25, 0.3) is 0 Å². The molecule has 0 heterocycles. The summed E-state index contributed by atoms with van der Waals surface area (Å²) >= 11 is 6.06. The fraction of sp³-hybridized carbons (Fsp3) is 0.385. The quantitative estimate of drug-likeness (QED) is 0.633. The van der Waals surface area contributed by atoms with Crippen LogP contribution in [-0.4, -0.2) is 41.6 Å². The molecule has 20 heavy (non-hydrogen) atoms. The van der Waals surface area contributed by atoms with Crippen LogP contribution in [-0.2, 0) is 9.73 Å². The van der Waals surface area contributed by atoms with Gasteiger partial charge in [-0.25, -0.2) is 9.20 Å². The number of nitrogens with zero attached hydrogens (tertiary/aromatic N) is 4. The van der Waals surface area contributed by atoms with E-state index in [0.29, 0.717) is 17.1 Å². The van der Waals surface area contributed by atoms with Crippen LogP contribution in [0.4, 0.5) is 11.4 Å². The summed E-state index contributed by atoms with van der Waals surface area (Å²) in [6, 6.07) is 5.16. The van der Waals surface area contributed by atoms with Crippen molar-refractivity contribution in [3.05, 3.63) is 22.7 Å². The zero-order chi connectivity index (χ0) is 15.3. The Morgan fingerprint density at radius 3 is 2.65 bits per heavy atom. The lowest BCUT2D eigenvalue weighted by atomic mass is 10.2. The van der Waals surface area contributed by atoms with Crippen molar-refractivity contribution in [3.63, 3.8) is 0 Å². The van der Waals surface area contributed by atoms with Gasteiger partial charge in [0.1, 0.15) is 6.07 Å². The van der Waals surface area contributed by atoms with Crippen LogP contribution in [0.25, 0.3) is 0 Å². The fourth-order valence-electron chi connectivity index (χ4n) is 1.31. The van der Waals surface area contributed by atoms with Crippen LogP contribution in [0.15, 0.2) is 21.5 Å². The van der Waals surface area contributed by atoms with Crippen molar-refractivity contribution in [3.8, 4) is 6.07 Å². The van der Waals surface area contributed by atoms with Crippen LogP contribution >= 0.6 is 11.6 Å². The molecule has 5 nitrogen and oxygen atoms in total. The second-order valence-electron chi connectivity index (χ2n) is 4.48. The van der Waals surface area contributed by atoms with E-state index in [1.54, 1.807) is 23.6 Å². The molecule has 108 valence electrons. The molecule has 7 heteroatoms. The lowest BCUT2D eigenvalue weighted by Gasteiger charge is -2.06. The van der Waals surface area contributed by atoms with Crippen LogP contribution in [0.1, 0.15) is 12.5 Å². The molecule has 0 bridgehead atoms. The second-order valence-corrected chi connectivity index (χ2v) is 7.57. The predicted octanol–water partition coefficient (Wildman–Crippen LogP) is 3.18. The van der Waals surface area contributed by atoms with Gasteiger partial charge in [-0.3, -0.25) is 0 Å². The first-order valence-corrected chi connectivity index (χ1v) is 8.40. The minimum Gasteiger partial charge on any atom is -0.369 e. The van der Waals surface area contributed by atoms with E-state index in [-0.39, 0.29) is 10.6 Å². The Morgan fingerprint density at radius 2 is 2.15 bits per heavy atom. The van der Waals surface area contributed by atoms with Crippen LogP contribution in [0.2, 0.25) is 5.02 Å². The normalized spacial score (nSPS) is 13.8. The summed E-state index contributed by atoms with van der Waals surface area (Å²) < 4.78 is 16.2. The van der Waals surface area contributed by atoms with Gasteiger partial charge in [-0.2, -0.15) is 9.62 Å². The Kier molecular flexibility index (Phi) is 5.54. The Morgan fingerprint density at radius 1 is 1.50 bits per heavy atom. The molecule has 1 aromatic carbocycles. The molecule has 0 fully saturated rings. The molecule has 0 N–H and O–H groups in total. The largest absolute Gasteiger partial charge is 0.369 e. The minimum atomic E-state index is -2.29. The lowest BCUT2D eigenvalue weighted by Crippen LogP contribution is -2.07. The standard InChI is InChI=1S/C13H17ClN4OS/c1-5-20(4,19)17-10-6-12(14)11(8-15)13(7-10)16-9-18(2)3/h6-7,9H,5H2,1-4H3. The summed E-state index contributed by atoms with van der Waals surface area (Å²) in [7, 11) is 1.36. The summed E-state index contributed by atoms with van der Waals surface area (Å²) in [5.74, 6) is 0.445. The maximum absolute atomic E-state index is 12.0. The van der Waals surface area contributed by atoms with Gasteiger partial charge in [0.2, 0.25) is 0 Å². The van der Waals surface area contributed by atoms with Crippen LogP contribution in [0.3, 0.4) is 0 Å². The molecule has 0 radical (unpaired) electrons. The zero-order valence-corrected chi connectivity index (χ0v) is 13.5. The zero-order valence-electron chi connectivity index (χ0n) is 11.9. The molecule has 1 aromatic rings. The summed E-state index contributed by atoms with van der Waals surface area (Å²) in [5.41, 5.74) is 1.16. The maximum Gasteiger partial charge on any atom is 0.103 e. The molecule has 0 aromatic heterocycles. The number of hydrogen-bond donors (Lipinski definition) is 0. The molecule has 0 aliphatic carbocycles. The van der Waals surface area contributed by atoms with E-state index < -0.39 is 9.73 Å². The Bertz CT molecular complexity index is 682. The number of halogens is 1. The first-order valence-electron chi connectivity index (χ1n) is 5.93. The van der Waals surface area contributed by atoms with E-state index in [2.05, 4.69) is 9.36 Å². The van der Waals surface area contributed by atoms with Crippen molar-refractivity contribution >= 4 is 39.0 Å². The summed E-state index contributed by atoms with van der Waals surface area (Å²) in [6.07, 6.45) is 3.15. The predicted molar refractivity (Wildman–Crippen MR) is 84.7 cm³/mol. The Hall–Kier alpha value is -1.58. The van der Waals surface area contributed by atoms with Gasteiger partial charge in [0.15, 0.2) is 0 Å². The number of benzene rings is 1. The van der Waals surface area contributed by atoms with Gasteiger partial charge in [0.05, 0.1) is 28.3 Å². The van der Waals surface area contributed by atoms with Crippen molar-refractivity contribution in [1.82, 2.24) is 4.90 Å². The van der Waals surface area contributed by atoms with Crippen molar-refractivity contribution in [1.29, 1.82) is 5.26 Å². The Balaban J connectivity index is 3.44. The van der Waals surface area contributed by atoms with Crippen LogP contribution < -0.4 is 0 Å². The van der Waals surface area contributed by atoms with Gasteiger partial charge < -0.3 is 4.90 Å². The molecule has 0 aliphatic heterocycles. The third-order valence-corrected chi connectivity index (χ3v) is 4.39. The van der Waals surface area contributed by atoms with Gasteiger partial charge in [-0.1, -0.05) is 18.5 Å². The summed E-state index contributed by atoms with van der Waals surface area (Å²) in [6.45, 7) is 1.81. The van der Waals surface area contributed by atoms with Crippen LogP contribution in [0, 0.1) is 11.3 Å². The minimum absolute atomic E-state index is 0.256. The highest BCUT2D eigenvalue weighted by atomic mass is 35.5. The van der Waals surface area contributed by atoms with E-state index >= 15 is 0 Å². The van der Waals surface area contributed by atoms with E-state index in [1.807, 2.05) is 27.1 Å². The molecule has 1 rings (SSSR count). The summed E-state index contributed by atoms with van der Waals surface area (Å²) in [5, 5.41) is 9.38. The first-order chi connectivity index (χ1) is 9.29. The third-order valence-electron chi connectivity index (χ3n) is 2.43. The number of aliphatic imine (C=N–C) groups is 1. The van der Waals surface area contributed by atoms with Gasteiger partial charge in [-0.05, 0) is 12.1 Å². The second kappa shape index (κ2) is 6.73. The molecular formula is C13H17ClN4OS. The van der Waals surface area contributed by atoms with Gasteiger partial charge in [0, 0.05) is 35.8 Å². The molecule has 1 unspecified atom stereocenters. The van der Waals surface area contributed by atoms with E-state index in [9.17, 15) is 4.21 Å². The molecule has 0 amide bonds. The fourth-order valence-corrected chi connectivity index (χ4v) is 2.24. The highest BCUT2D eigenvalue weighted by molar-refractivity contribution is 7.93. The van der Waals surface area contributed by atoms with E-state index in [1.165, 1.54) is 6.07 Å². The van der Waals surface area contributed by atoms with Crippen LogP contribution in [0.5, 0.6) is 0 Å². The molecular weight excluding hydrogens is 296 g/mol. The van der Waals surface area contributed by atoms with Crippen molar-refractivity contribution in [2.75, 3.05) is 26.1 Å².